The van der Waals surface area contributed by atoms with Gasteiger partial charge in [0.15, 0.2) is 0 Å². The fourth-order valence-electron chi connectivity index (χ4n) is 4.05. The first-order chi connectivity index (χ1) is 17.0. The molecule has 0 aliphatic carbocycles. The molecule has 35 heavy (non-hydrogen) atoms. The van der Waals surface area contributed by atoms with Gasteiger partial charge in [-0.2, -0.15) is 0 Å². The standard InChI is InChI=1S/C28H23FN4O2/c1-18-10-15-23(33(18)2)22-9-6-16-30-27(22)25-26(20-11-13-21(29)14-12-20)32-35-28(25)31-24(34)17-19-7-4-3-5-8-19/h3-16H,17H2,1-2H3,(H,31,34). The van der Waals surface area contributed by atoms with Crippen molar-refractivity contribution in [1.82, 2.24) is 14.7 Å². The lowest BCUT2D eigenvalue weighted by atomic mass is 9.99. The lowest BCUT2D eigenvalue weighted by molar-refractivity contribution is -0.115. The molecule has 6 nitrogen and oxygen atoms in total. The number of carbonyl (C=O) groups excluding carboxylic acids is 1. The first-order valence-electron chi connectivity index (χ1n) is 11.2. The number of amides is 1. The SMILES string of the molecule is Cc1ccc(-c2cccnc2-c2c(-c3ccc(F)cc3)noc2NC(=O)Cc2ccccc2)n1C. The Morgan fingerprint density at radius 1 is 0.971 bits per heavy atom. The zero-order valence-corrected chi connectivity index (χ0v) is 19.3. The van der Waals surface area contributed by atoms with Crippen LogP contribution < -0.4 is 5.32 Å². The molecule has 0 aliphatic heterocycles. The van der Waals surface area contributed by atoms with Gasteiger partial charge in [0.1, 0.15) is 11.5 Å². The second kappa shape index (κ2) is 9.38. The van der Waals surface area contributed by atoms with E-state index < -0.39 is 0 Å². The highest BCUT2D eigenvalue weighted by molar-refractivity contribution is 5.99. The van der Waals surface area contributed by atoms with E-state index in [0.717, 1.165) is 22.5 Å². The second-order valence-corrected chi connectivity index (χ2v) is 8.27. The number of nitrogens with one attached hydrogen (secondary N) is 1. The normalized spacial score (nSPS) is 10.9. The van der Waals surface area contributed by atoms with Gasteiger partial charge in [0.05, 0.1) is 23.4 Å². The van der Waals surface area contributed by atoms with E-state index in [0.29, 0.717) is 22.5 Å². The largest absolute Gasteiger partial charge is 0.348 e. The van der Waals surface area contributed by atoms with Gasteiger partial charge < -0.3 is 9.09 Å². The molecular formula is C28H23FN4O2. The zero-order valence-electron chi connectivity index (χ0n) is 19.3. The molecule has 0 radical (unpaired) electrons. The number of anilines is 1. The Hall–Kier alpha value is -4.52. The van der Waals surface area contributed by atoms with Crippen LogP contribution in [0, 0.1) is 12.7 Å². The van der Waals surface area contributed by atoms with Gasteiger partial charge in [0, 0.05) is 30.1 Å². The van der Waals surface area contributed by atoms with Gasteiger partial charge in [-0.3, -0.25) is 15.1 Å². The number of hydrogen-bond donors (Lipinski definition) is 1. The Balaban J connectivity index is 1.63. The van der Waals surface area contributed by atoms with Crippen LogP contribution in [0.5, 0.6) is 0 Å². The summed E-state index contributed by atoms with van der Waals surface area (Å²) >= 11 is 0. The summed E-state index contributed by atoms with van der Waals surface area (Å²) in [4.78, 5) is 17.6. The van der Waals surface area contributed by atoms with Gasteiger partial charge >= 0.3 is 0 Å². The lowest BCUT2D eigenvalue weighted by Gasteiger charge is -2.12. The summed E-state index contributed by atoms with van der Waals surface area (Å²) in [7, 11) is 1.98. The minimum absolute atomic E-state index is 0.180. The minimum Gasteiger partial charge on any atom is -0.348 e. The van der Waals surface area contributed by atoms with E-state index in [4.69, 9.17) is 4.52 Å². The minimum atomic E-state index is -0.354. The van der Waals surface area contributed by atoms with Crippen LogP contribution in [0.4, 0.5) is 10.3 Å². The van der Waals surface area contributed by atoms with E-state index in [1.54, 1.807) is 18.3 Å². The number of aryl methyl sites for hydroxylation is 1. The maximum atomic E-state index is 13.6. The van der Waals surface area contributed by atoms with Crippen LogP contribution in [0.2, 0.25) is 0 Å². The molecule has 0 aliphatic rings. The summed E-state index contributed by atoms with van der Waals surface area (Å²) in [6, 6.07) is 23.3. The summed E-state index contributed by atoms with van der Waals surface area (Å²) in [5, 5.41) is 7.12. The van der Waals surface area contributed by atoms with E-state index in [1.165, 1.54) is 12.1 Å². The van der Waals surface area contributed by atoms with Gasteiger partial charge in [0.25, 0.3) is 0 Å². The molecule has 2 aromatic carbocycles. The van der Waals surface area contributed by atoms with Crippen LogP contribution in [0.3, 0.4) is 0 Å². The quantitative estimate of drug-likeness (QED) is 0.331. The maximum absolute atomic E-state index is 13.6. The molecule has 174 valence electrons. The van der Waals surface area contributed by atoms with Gasteiger partial charge in [-0.25, -0.2) is 4.39 Å². The summed E-state index contributed by atoms with van der Waals surface area (Å²) < 4.78 is 21.3. The van der Waals surface area contributed by atoms with Gasteiger partial charge in [-0.05, 0) is 61.0 Å². The molecule has 5 aromatic rings. The van der Waals surface area contributed by atoms with Crippen molar-refractivity contribution < 1.29 is 13.7 Å². The fraction of sp³-hybridized carbons (Fsp3) is 0.107. The highest BCUT2D eigenvalue weighted by Gasteiger charge is 2.25. The molecule has 0 spiro atoms. The molecule has 0 fully saturated rings. The van der Waals surface area contributed by atoms with Crippen LogP contribution in [-0.4, -0.2) is 20.6 Å². The van der Waals surface area contributed by atoms with Gasteiger partial charge in [-0.15, -0.1) is 0 Å². The third kappa shape index (κ3) is 4.48. The first kappa shape index (κ1) is 22.3. The van der Waals surface area contributed by atoms with Crippen molar-refractivity contribution in [2.24, 2.45) is 7.05 Å². The summed E-state index contributed by atoms with van der Waals surface area (Å²) in [5.74, 6) is -0.407. The Morgan fingerprint density at radius 3 is 2.46 bits per heavy atom. The Kier molecular flexibility index (Phi) is 5.97. The van der Waals surface area contributed by atoms with E-state index >= 15 is 0 Å². The molecule has 0 atom stereocenters. The third-order valence-corrected chi connectivity index (χ3v) is 5.96. The van der Waals surface area contributed by atoms with E-state index in [1.807, 2.05) is 68.6 Å². The van der Waals surface area contributed by atoms with Crippen molar-refractivity contribution in [1.29, 1.82) is 0 Å². The molecule has 3 aromatic heterocycles. The number of rotatable bonds is 6. The van der Waals surface area contributed by atoms with Crippen LogP contribution >= 0.6 is 0 Å². The van der Waals surface area contributed by atoms with Gasteiger partial charge in [-0.1, -0.05) is 35.5 Å². The van der Waals surface area contributed by atoms with Crippen LogP contribution in [0.1, 0.15) is 11.3 Å². The average Bonchev–Trinajstić information content (AvgIpc) is 3.43. The summed E-state index contributed by atoms with van der Waals surface area (Å²) in [6.07, 6.45) is 1.87. The zero-order chi connectivity index (χ0) is 24.4. The Labute approximate surface area is 202 Å². The van der Waals surface area contributed by atoms with Crippen molar-refractivity contribution in [2.45, 2.75) is 13.3 Å². The molecule has 0 unspecified atom stereocenters. The van der Waals surface area contributed by atoms with E-state index in [-0.39, 0.29) is 24.0 Å². The predicted octanol–water partition coefficient (Wildman–Crippen LogP) is 6.04. The number of nitrogens with zero attached hydrogens (tertiary/aromatic N) is 3. The molecule has 0 saturated heterocycles. The van der Waals surface area contributed by atoms with Crippen molar-refractivity contribution >= 4 is 11.8 Å². The number of benzene rings is 2. The van der Waals surface area contributed by atoms with Gasteiger partial charge in [0.2, 0.25) is 11.8 Å². The van der Waals surface area contributed by atoms with Crippen LogP contribution in [-0.2, 0) is 18.3 Å². The molecule has 3 heterocycles. The Morgan fingerprint density at radius 2 is 1.74 bits per heavy atom. The number of hydrogen-bond acceptors (Lipinski definition) is 4. The molecule has 5 rings (SSSR count). The molecule has 1 amide bonds. The van der Waals surface area contributed by atoms with E-state index in [9.17, 15) is 9.18 Å². The number of aromatic nitrogens is 3. The predicted molar refractivity (Wildman–Crippen MR) is 133 cm³/mol. The lowest BCUT2D eigenvalue weighted by Crippen LogP contribution is -2.14. The number of halogens is 1. The summed E-state index contributed by atoms with van der Waals surface area (Å²) in [5.41, 5.74) is 6.03. The summed E-state index contributed by atoms with van der Waals surface area (Å²) in [6.45, 7) is 2.03. The third-order valence-electron chi connectivity index (χ3n) is 5.96. The highest BCUT2D eigenvalue weighted by Crippen LogP contribution is 2.41. The van der Waals surface area contributed by atoms with E-state index in [2.05, 4.69) is 20.0 Å². The maximum Gasteiger partial charge on any atom is 0.241 e. The van der Waals surface area contributed by atoms with Crippen LogP contribution in [0.15, 0.2) is 89.6 Å². The van der Waals surface area contributed by atoms with Crippen LogP contribution in [0.25, 0.3) is 33.8 Å². The monoisotopic (exact) mass is 466 g/mol. The average molecular weight is 467 g/mol. The fourth-order valence-corrected chi connectivity index (χ4v) is 4.05. The number of pyridine rings is 1. The molecular weight excluding hydrogens is 443 g/mol. The van der Waals surface area contributed by atoms with Crippen molar-refractivity contribution in [3.05, 3.63) is 102 Å². The van der Waals surface area contributed by atoms with Crippen molar-refractivity contribution in [3.8, 4) is 33.8 Å². The topological polar surface area (TPSA) is 73.0 Å². The first-order valence-corrected chi connectivity index (χ1v) is 11.2. The van der Waals surface area contributed by atoms with Crippen molar-refractivity contribution in [3.63, 3.8) is 0 Å². The smallest absolute Gasteiger partial charge is 0.241 e. The second-order valence-electron chi connectivity index (χ2n) is 8.27. The number of carbonyl (C=O) groups is 1. The highest BCUT2D eigenvalue weighted by atomic mass is 19.1. The van der Waals surface area contributed by atoms with Crippen molar-refractivity contribution in [2.75, 3.05) is 5.32 Å². The molecule has 1 N–H and O–H groups in total. The molecule has 0 saturated carbocycles. The molecule has 0 bridgehead atoms. The molecule has 7 heteroatoms. The Bertz CT molecular complexity index is 1490.